The molecule has 0 bridgehead atoms. The van der Waals surface area contributed by atoms with Crippen LogP contribution in [0.3, 0.4) is 0 Å². The van der Waals surface area contributed by atoms with Gasteiger partial charge in [-0.1, -0.05) is 63.8 Å². The Bertz CT molecular complexity index is 1080. The van der Waals surface area contributed by atoms with E-state index in [2.05, 4.69) is 23.3 Å². The van der Waals surface area contributed by atoms with Gasteiger partial charge in [-0.3, -0.25) is 0 Å². The molecule has 6 nitrogen and oxygen atoms in total. The summed E-state index contributed by atoms with van der Waals surface area (Å²) in [6.07, 6.45) is 7.96. The Labute approximate surface area is 192 Å². The average molecular weight is 479 g/mol. The van der Waals surface area contributed by atoms with Gasteiger partial charge in [0.2, 0.25) is 20.0 Å². The highest BCUT2D eigenvalue weighted by molar-refractivity contribution is 7.90. The van der Waals surface area contributed by atoms with Crippen LogP contribution >= 0.6 is 0 Å². The second-order valence-corrected chi connectivity index (χ2v) is 13.0. The topological polar surface area (TPSA) is 92.3 Å². The molecule has 0 aromatic heterocycles. The van der Waals surface area contributed by atoms with E-state index in [1.165, 1.54) is 0 Å². The van der Waals surface area contributed by atoms with Gasteiger partial charge >= 0.3 is 0 Å². The first-order valence-corrected chi connectivity index (χ1v) is 14.7. The maximum absolute atomic E-state index is 13.3. The van der Waals surface area contributed by atoms with Gasteiger partial charge < -0.3 is 0 Å². The molecule has 32 heavy (non-hydrogen) atoms. The zero-order chi connectivity index (χ0) is 22.9. The molecule has 2 fully saturated rings. The van der Waals surface area contributed by atoms with Crippen LogP contribution in [0.1, 0.15) is 65.2 Å². The summed E-state index contributed by atoms with van der Waals surface area (Å²) in [5.74, 6) is 0.567. The number of hydrogen-bond donors (Lipinski definition) is 2. The molecule has 176 valence electrons. The summed E-state index contributed by atoms with van der Waals surface area (Å²) in [4.78, 5) is 0.270. The molecule has 2 saturated carbocycles. The third kappa shape index (κ3) is 4.88. The first-order valence-electron chi connectivity index (χ1n) is 11.8. The standard InChI is InChI=1S/C24H34N2O4S2/c1-17-9-3-5-13-21(17)25-31(27,28)23-15-7-12-20-19(23)11-8-16-24(20)32(29,30)26-22-14-6-4-10-18(22)2/h7-8,11-12,15-18,21-22,25-26H,3-6,9-10,13-14H2,1-2H3. The molecule has 4 rings (SSSR count). The van der Waals surface area contributed by atoms with Gasteiger partial charge in [0.15, 0.2) is 0 Å². The van der Waals surface area contributed by atoms with E-state index >= 15 is 0 Å². The molecule has 2 aromatic carbocycles. The molecule has 4 atom stereocenters. The zero-order valence-electron chi connectivity index (χ0n) is 18.9. The first kappa shape index (κ1) is 23.7. The number of fused-ring (bicyclic) bond motifs is 1. The zero-order valence-corrected chi connectivity index (χ0v) is 20.5. The van der Waals surface area contributed by atoms with Gasteiger partial charge in [-0.15, -0.1) is 0 Å². The molecule has 0 spiro atoms. The van der Waals surface area contributed by atoms with Crippen molar-refractivity contribution in [3.8, 4) is 0 Å². The molecule has 0 radical (unpaired) electrons. The lowest BCUT2D eigenvalue weighted by Crippen LogP contribution is -2.41. The number of nitrogens with one attached hydrogen (secondary N) is 2. The Kier molecular flexibility index (Phi) is 6.96. The molecule has 2 N–H and O–H groups in total. The fourth-order valence-electron chi connectivity index (χ4n) is 5.23. The molecule has 0 amide bonds. The minimum atomic E-state index is -3.78. The van der Waals surface area contributed by atoms with Crippen molar-refractivity contribution in [2.24, 2.45) is 11.8 Å². The Hall–Kier alpha value is -1.48. The molecule has 8 heteroatoms. The molecule has 0 saturated heterocycles. The second-order valence-electron chi connectivity index (χ2n) is 9.59. The predicted molar refractivity (Wildman–Crippen MR) is 127 cm³/mol. The van der Waals surface area contributed by atoms with Crippen molar-refractivity contribution >= 4 is 30.8 Å². The molecule has 2 aliphatic rings. The van der Waals surface area contributed by atoms with Gasteiger partial charge in [0, 0.05) is 22.9 Å². The Balaban J connectivity index is 1.69. The van der Waals surface area contributed by atoms with Crippen LogP contribution in [0.15, 0.2) is 46.2 Å². The maximum atomic E-state index is 13.3. The number of hydrogen-bond acceptors (Lipinski definition) is 4. The van der Waals surface area contributed by atoms with E-state index in [0.29, 0.717) is 10.8 Å². The molecule has 0 aliphatic heterocycles. The lowest BCUT2D eigenvalue weighted by atomic mass is 9.87. The summed E-state index contributed by atoms with van der Waals surface area (Å²) >= 11 is 0. The van der Waals surface area contributed by atoms with Gasteiger partial charge in [0.1, 0.15) is 0 Å². The van der Waals surface area contributed by atoms with Gasteiger partial charge in [0.25, 0.3) is 0 Å². The van der Waals surface area contributed by atoms with E-state index in [9.17, 15) is 16.8 Å². The van der Waals surface area contributed by atoms with E-state index in [1.54, 1.807) is 36.4 Å². The Morgan fingerprint density at radius 2 is 1.00 bits per heavy atom. The van der Waals surface area contributed by atoms with Gasteiger partial charge in [0.05, 0.1) is 9.79 Å². The first-order chi connectivity index (χ1) is 15.2. The monoisotopic (exact) mass is 478 g/mol. The molecular formula is C24H34N2O4S2. The normalized spacial score (nSPS) is 27.4. The van der Waals surface area contributed by atoms with Gasteiger partial charge in [-0.25, -0.2) is 26.3 Å². The number of benzene rings is 2. The largest absolute Gasteiger partial charge is 0.241 e. The van der Waals surface area contributed by atoms with Crippen LogP contribution in [0.4, 0.5) is 0 Å². The highest BCUT2D eigenvalue weighted by atomic mass is 32.2. The summed E-state index contributed by atoms with van der Waals surface area (Å²) in [6.45, 7) is 4.16. The molecule has 2 aliphatic carbocycles. The van der Waals surface area contributed by atoms with Crippen LogP contribution in [-0.2, 0) is 20.0 Å². The quantitative estimate of drug-likeness (QED) is 0.637. The van der Waals surface area contributed by atoms with Crippen molar-refractivity contribution in [3.05, 3.63) is 36.4 Å². The number of rotatable bonds is 6. The van der Waals surface area contributed by atoms with Gasteiger partial charge in [-0.2, -0.15) is 0 Å². The molecule has 4 unspecified atom stereocenters. The van der Waals surface area contributed by atoms with Crippen LogP contribution in [0.2, 0.25) is 0 Å². The van der Waals surface area contributed by atoms with Crippen LogP contribution in [0.5, 0.6) is 0 Å². The van der Waals surface area contributed by atoms with Crippen molar-refractivity contribution in [2.75, 3.05) is 0 Å². The molecule has 2 aromatic rings. The van der Waals surface area contributed by atoms with Crippen LogP contribution in [0, 0.1) is 11.8 Å². The van der Waals surface area contributed by atoms with Crippen LogP contribution in [0.25, 0.3) is 10.8 Å². The fourth-order valence-corrected chi connectivity index (χ4v) is 8.43. The predicted octanol–water partition coefficient (Wildman–Crippen LogP) is 4.55. The molecule has 0 heterocycles. The van der Waals surface area contributed by atoms with E-state index in [0.717, 1.165) is 51.4 Å². The van der Waals surface area contributed by atoms with E-state index in [4.69, 9.17) is 0 Å². The van der Waals surface area contributed by atoms with E-state index < -0.39 is 20.0 Å². The Morgan fingerprint density at radius 1 is 0.625 bits per heavy atom. The summed E-state index contributed by atoms with van der Waals surface area (Å²) in [7, 11) is -7.57. The maximum Gasteiger partial charge on any atom is 0.241 e. The summed E-state index contributed by atoms with van der Waals surface area (Å²) in [6, 6.07) is 9.58. The summed E-state index contributed by atoms with van der Waals surface area (Å²) in [5, 5.41) is 0.867. The molecular weight excluding hydrogens is 444 g/mol. The fraction of sp³-hybridized carbons (Fsp3) is 0.583. The van der Waals surface area contributed by atoms with Gasteiger partial charge in [-0.05, 0) is 49.7 Å². The van der Waals surface area contributed by atoms with Crippen molar-refractivity contribution in [1.82, 2.24) is 9.44 Å². The lowest BCUT2D eigenvalue weighted by molar-refractivity contribution is 0.310. The van der Waals surface area contributed by atoms with Crippen molar-refractivity contribution in [2.45, 2.75) is 87.1 Å². The van der Waals surface area contributed by atoms with Crippen LogP contribution < -0.4 is 9.44 Å². The second kappa shape index (κ2) is 9.41. The Morgan fingerprint density at radius 3 is 1.38 bits per heavy atom. The van der Waals surface area contributed by atoms with Crippen molar-refractivity contribution in [3.63, 3.8) is 0 Å². The van der Waals surface area contributed by atoms with Crippen molar-refractivity contribution < 1.29 is 16.8 Å². The van der Waals surface area contributed by atoms with Crippen LogP contribution in [-0.4, -0.2) is 28.9 Å². The summed E-state index contributed by atoms with van der Waals surface area (Å²) < 4.78 is 59.0. The van der Waals surface area contributed by atoms with E-state index in [-0.39, 0.29) is 33.7 Å². The smallest absolute Gasteiger partial charge is 0.208 e. The minimum absolute atomic E-state index is 0.0922. The SMILES string of the molecule is CC1CCCCC1NS(=O)(=O)c1cccc2c(S(=O)(=O)NC3CCCCC3C)cccc12. The average Bonchev–Trinajstić information content (AvgIpc) is 2.76. The third-order valence-electron chi connectivity index (χ3n) is 7.26. The number of sulfonamides is 2. The lowest BCUT2D eigenvalue weighted by Gasteiger charge is -2.30. The third-order valence-corrected chi connectivity index (χ3v) is 10.4. The van der Waals surface area contributed by atoms with E-state index in [1.807, 2.05) is 0 Å². The highest BCUT2D eigenvalue weighted by Crippen LogP contribution is 2.32. The minimum Gasteiger partial charge on any atom is -0.208 e. The van der Waals surface area contributed by atoms with Crippen molar-refractivity contribution in [1.29, 1.82) is 0 Å². The highest BCUT2D eigenvalue weighted by Gasteiger charge is 2.30. The summed E-state index contributed by atoms with van der Waals surface area (Å²) in [5.41, 5.74) is 0.